The van der Waals surface area contributed by atoms with Gasteiger partial charge in [0.05, 0.1) is 0 Å². The summed E-state index contributed by atoms with van der Waals surface area (Å²) in [7, 11) is 1.82. The summed E-state index contributed by atoms with van der Waals surface area (Å²) in [4.78, 5) is 2.68. The van der Waals surface area contributed by atoms with Crippen LogP contribution in [0.2, 0.25) is 0 Å². The van der Waals surface area contributed by atoms with Crippen LogP contribution in [0.25, 0.3) is 0 Å². The van der Waals surface area contributed by atoms with E-state index in [1.807, 2.05) is 7.11 Å². The van der Waals surface area contributed by atoms with Gasteiger partial charge in [-0.15, -0.1) is 0 Å². The average Bonchev–Trinajstić information content (AvgIpc) is 2.49. The lowest BCUT2D eigenvalue weighted by molar-refractivity contribution is -0.0119. The number of likely N-dealkylation sites (tertiary alicyclic amines) is 1. The Morgan fingerprint density at radius 1 is 1.25 bits per heavy atom. The Balaban J connectivity index is 1.82. The molecule has 0 radical (unpaired) electrons. The second-order valence-electron chi connectivity index (χ2n) is 6.57. The van der Waals surface area contributed by atoms with Crippen LogP contribution < -0.4 is 5.32 Å². The summed E-state index contributed by atoms with van der Waals surface area (Å²) >= 11 is 0. The van der Waals surface area contributed by atoms with E-state index in [0.717, 1.165) is 38.8 Å². The van der Waals surface area contributed by atoms with Gasteiger partial charge < -0.3 is 19.7 Å². The van der Waals surface area contributed by atoms with Gasteiger partial charge in [0, 0.05) is 40.0 Å². The Bertz CT molecular complexity index is 259. The SMILES string of the molecule is CCNCC1(CN2CCC(COC)CC2)CCOCC1. The zero-order valence-corrected chi connectivity index (χ0v) is 13.3. The predicted octanol–water partition coefficient (Wildman–Crippen LogP) is 1.75. The summed E-state index contributed by atoms with van der Waals surface area (Å²) in [5.74, 6) is 0.774. The fourth-order valence-corrected chi connectivity index (χ4v) is 3.61. The van der Waals surface area contributed by atoms with Gasteiger partial charge in [-0.3, -0.25) is 0 Å². The van der Waals surface area contributed by atoms with Crippen LogP contribution in [0.5, 0.6) is 0 Å². The maximum absolute atomic E-state index is 5.58. The number of ether oxygens (including phenoxy) is 2. The Morgan fingerprint density at radius 2 is 1.95 bits per heavy atom. The Labute approximate surface area is 124 Å². The molecule has 2 aliphatic rings. The maximum atomic E-state index is 5.58. The van der Waals surface area contributed by atoms with E-state index in [1.54, 1.807) is 0 Å². The fourth-order valence-electron chi connectivity index (χ4n) is 3.61. The van der Waals surface area contributed by atoms with Gasteiger partial charge in [0.15, 0.2) is 0 Å². The molecule has 0 spiro atoms. The molecule has 2 fully saturated rings. The van der Waals surface area contributed by atoms with Gasteiger partial charge in [-0.05, 0) is 56.7 Å². The van der Waals surface area contributed by atoms with E-state index < -0.39 is 0 Å². The van der Waals surface area contributed by atoms with Crippen LogP contribution in [0.15, 0.2) is 0 Å². The zero-order valence-electron chi connectivity index (χ0n) is 13.3. The van der Waals surface area contributed by atoms with Gasteiger partial charge in [0.25, 0.3) is 0 Å². The van der Waals surface area contributed by atoms with Crippen molar-refractivity contribution < 1.29 is 9.47 Å². The third-order valence-corrected chi connectivity index (χ3v) is 4.97. The van der Waals surface area contributed by atoms with E-state index in [2.05, 4.69) is 17.1 Å². The molecule has 2 aliphatic heterocycles. The van der Waals surface area contributed by atoms with E-state index in [-0.39, 0.29) is 0 Å². The van der Waals surface area contributed by atoms with E-state index in [9.17, 15) is 0 Å². The summed E-state index contributed by atoms with van der Waals surface area (Å²) in [6.45, 7) is 10.9. The largest absolute Gasteiger partial charge is 0.384 e. The Hall–Kier alpha value is -0.160. The quantitative estimate of drug-likeness (QED) is 0.772. The van der Waals surface area contributed by atoms with Crippen LogP contribution in [0.4, 0.5) is 0 Å². The highest BCUT2D eigenvalue weighted by atomic mass is 16.5. The second-order valence-corrected chi connectivity index (χ2v) is 6.57. The number of nitrogens with one attached hydrogen (secondary N) is 1. The molecule has 0 bridgehead atoms. The van der Waals surface area contributed by atoms with Gasteiger partial charge in [0.2, 0.25) is 0 Å². The molecule has 0 unspecified atom stereocenters. The van der Waals surface area contributed by atoms with Crippen molar-refractivity contribution in [1.82, 2.24) is 10.2 Å². The molecule has 0 saturated carbocycles. The summed E-state index contributed by atoms with van der Waals surface area (Å²) < 4.78 is 10.9. The molecule has 0 atom stereocenters. The molecule has 4 heteroatoms. The van der Waals surface area contributed by atoms with E-state index >= 15 is 0 Å². The first-order valence-electron chi connectivity index (χ1n) is 8.28. The minimum atomic E-state index is 0.433. The van der Waals surface area contributed by atoms with Crippen molar-refractivity contribution in [3.05, 3.63) is 0 Å². The monoisotopic (exact) mass is 284 g/mol. The topological polar surface area (TPSA) is 33.7 Å². The fraction of sp³-hybridized carbons (Fsp3) is 1.00. The molecule has 20 heavy (non-hydrogen) atoms. The summed E-state index contributed by atoms with van der Waals surface area (Å²) in [6, 6.07) is 0. The van der Waals surface area contributed by atoms with Crippen molar-refractivity contribution in [3.8, 4) is 0 Å². The summed E-state index contributed by atoms with van der Waals surface area (Å²) in [5.41, 5.74) is 0.433. The van der Waals surface area contributed by atoms with E-state index in [4.69, 9.17) is 9.47 Å². The molecule has 2 rings (SSSR count). The first-order valence-corrected chi connectivity index (χ1v) is 8.28. The summed E-state index contributed by atoms with van der Waals surface area (Å²) in [5, 5.41) is 3.58. The van der Waals surface area contributed by atoms with Crippen LogP contribution in [-0.2, 0) is 9.47 Å². The number of rotatable bonds is 7. The molecule has 4 nitrogen and oxygen atoms in total. The molecule has 0 aromatic heterocycles. The Kier molecular flexibility index (Phi) is 6.75. The van der Waals surface area contributed by atoms with E-state index in [1.165, 1.54) is 45.3 Å². The van der Waals surface area contributed by atoms with Crippen LogP contribution in [0, 0.1) is 11.3 Å². The van der Waals surface area contributed by atoms with Crippen LogP contribution in [-0.4, -0.2) is 64.6 Å². The lowest BCUT2D eigenvalue weighted by Gasteiger charge is -2.43. The molecular weight excluding hydrogens is 252 g/mol. The van der Waals surface area contributed by atoms with Gasteiger partial charge in [-0.2, -0.15) is 0 Å². The van der Waals surface area contributed by atoms with Crippen molar-refractivity contribution in [2.24, 2.45) is 11.3 Å². The molecule has 2 heterocycles. The first-order chi connectivity index (χ1) is 9.78. The number of nitrogens with zero attached hydrogens (tertiary/aromatic N) is 1. The smallest absolute Gasteiger partial charge is 0.0491 e. The highest BCUT2D eigenvalue weighted by molar-refractivity contribution is 4.88. The molecule has 1 N–H and O–H groups in total. The number of hydrogen-bond acceptors (Lipinski definition) is 4. The van der Waals surface area contributed by atoms with Crippen LogP contribution in [0.1, 0.15) is 32.6 Å². The lowest BCUT2D eigenvalue weighted by atomic mass is 9.79. The van der Waals surface area contributed by atoms with Crippen LogP contribution in [0.3, 0.4) is 0 Å². The summed E-state index contributed by atoms with van der Waals surface area (Å²) in [6.07, 6.45) is 5.00. The van der Waals surface area contributed by atoms with Gasteiger partial charge >= 0.3 is 0 Å². The number of piperidine rings is 1. The Morgan fingerprint density at radius 3 is 2.55 bits per heavy atom. The molecule has 0 amide bonds. The average molecular weight is 284 g/mol. The lowest BCUT2D eigenvalue weighted by Crippen LogP contribution is -2.49. The number of methoxy groups -OCH3 is 1. The molecule has 0 aromatic carbocycles. The minimum absolute atomic E-state index is 0.433. The second kappa shape index (κ2) is 8.32. The zero-order chi connectivity index (χ0) is 14.3. The first kappa shape index (κ1) is 16.2. The predicted molar refractivity (Wildman–Crippen MR) is 82.1 cm³/mol. The van der Waals surface area contributed by atoms with Crippen molar-refractivity contribution in [3.63, 3.8) is 0 Å². The van der Waals surface area contributed by atoms with Crippen molar-refractivity contribution in [1.29, 1.82) is 0 Å². The van der Waals surface area contributed by atoms with Crippen molar-refractivity contribution in [2.75, 3.05) is 59.7 Å². The van der Waals surface area contributed by atoms with Crippen molar-refractivity contribution >= 4 is 0 Å². The third-order valence-electron chi connectivity index (χ3n) is 4.97. The molecule has 118 valence electrons. The molecule has 2 saturated heterocycles. The molecule has 0 aliphatic carbocycles. The van der Waals surface area contributed by atoms with E-state index in [0.29, 0.717) is 5.41 Å². The highest BCUT2D eigenvalue weighted by Gasteiger charge is 2.35. The van der Waals surface area contributed by atoms with Gasteiger partial charge in [0.1, 0.15) is 0 Å². The third kappa shape index (κ3) is 4.69. The van der Waals surface area contributed by atoms with Gasteiger partial charge in [-0.1, -0.05) is 6.92 Å². The maximum Gasteiger partial charge on any atom is 0.0491 e. The highest BCUT2D eigenvalue weighted by Crippen LogP contribution is 2.32. The van der Waals surface area contributed by atoms with Crippen LogP contribution >= 0.6 is 0 Å². The standard InChI is InChI=1S/C16H32N2O2/c1-3-17-13-16(6-10-20-11-7-16)14-18-8-4-15(5-9-18)12-19-2/h15,17H,3-14H2,1-2H3. The molecular formula is C16H32N2O2. The number of hydrogen-bond donors (Lipinski definition) is 1. The van der Waals surface area contributed by atoms with Gasteiger partial charge in [-0.25, -0.2) is 0 Å². The van der Waals surface area contributed by atoms with Crippen molar-refractivity contribution in [2.45, 2.75) is 32.6 Å². The minimum Gasteiger partial charge on any atom is -0.384 e. The molecule has 0 aromatic rings. The normalized spacial score (nSPS) is 24.9.